The topological polar surface area (TPSA) is 83.9 Å². The number of nitrogens with one attached hydrogen (secondary N) is 1. The van der Waals surface area contributed by atoms with Crippen molar-refractivity contribution in [3.63, 3.8) is 0 Å². The summed E-state index contributed by atoms with van der Waals surface area (Å²) in [6.07, 6.45) is 20.4. The molecule has 2 aromatic carbocycles. The lowest BCUT2D eigenvalue weighted by Crippen LogP contribution is -2.38. The number of likely N-dealkylation sites (N-methyl/N-ethyl adjacent to an activating group) is 1. The number of carbonyl (C=O) groups excluding carboxylic acids is 1. The first kappa shape index (κ1) is 39.7. The van der Waals surface area contributed by atoms with Gasteiger partial charge in [-0.15, -0.1) is 0 Å². The predicted molar refractivity (Wildman–Crippen MR) is 202 cm³/mol. The van der Waals surface area contributed by atoms with E-state index in [4.69, 9.17) is 9.47 Å². The Morgan fingerprint density at radius 1 is 0.800 bits per heavy atom. The summed E-state index contributed by atoms with van der Waals surface area (Å²) in [7, 11) is 2.13. The highest BCUT2D eigenvalue weighted by molar-refractivity contribution is 5.75. The molecule has 7 nitrogen and oxygen atoms in total. The molecule has 3 atom stereocenters. The number of hydrogen-bond acceptors (Lipinski definition) is 6. The van der Waals surface area contributed by atoms with Crippen LogP contribution in [0.3, 0.4) is 0 Å². The molecule has 1 aliphatic rings. The van der Waals surface area contributed by atoms with Gasteiger partial charge in [0.2, 0.25) is 5.91 Å². The number of pyridine rings is 1. The minimum atomic E-state index is -0.500. The third-order valence-electron chi connectivity index (χ3n) is 9.86. The molecule has 3 aromatic rings. The fourth-order valence-electron chi connectivity index (χ4n) is 6.71. The van der Waals surface area contributed by atoms with Gasteiger partial charge in [0.15, 0.2) is 6.29 Å². The van der Waals surface area contributed by atoms with Crippen LogP contribution in [0.1, 0.15) is 144 Å². The second kappa shape index (κ2) is 23.4. The van der Waals surface area contributed by atoms with E-state index >= 15 is 0 Å². The molecule has 1 fully saturated rings. The lowest BCUT2D eigenvalue weighted by atomic mass is 9.99. The normalized spacial score (nSPS) is 17.6. The van der Waals surface area contributed by atoms with Crippen molar-refractivity contribution in [1.29, 1.82) is 0 Å². The van der Waals surface area contributed by atoms with E-state index in [0.717, 1.165) is 66.7 Å². The van der Waals surface area contributed by atoms with Crippen LogP contribution in [0, 0.1) is 0 Å². The molecule has 1 saturated heterocycles. The van der Waals surface area contributed by atoms with Gasteiger partial charge < -0.3 is 24.8 Å². The molecule has 0 aliphatic carbocycles. The van der Waals surface area contributed by atoms with Gasteiger partial charge in [0.1, 0.15) is 0 Å². The van der Waals surface area contributed by atoms with Crippen molar-refractivity contribution < 1.29 is 19.4 Å². The Labute approximate surface area is 302 Å². The maximum Gasteiger partial charge on any atom is 0.220 e. The van der Waals surface area contributed by atoms with Gasteiger partial charge in [0.05, 0.1) is 18.8 Å². The van der Waals surface area contributed by atoms with Crippen molar-refractivity contribution in [3.05, 3.63) is 101 Å². The maximum atomic E-state index is 12.5. The molecule has 0 saturated carbocycles. The van der Waals surface area contributed by atoms with Gasteiger partial charge in [-0.2, -0.15) is 0 Å². The molecule has 2 N–H and O–H groups in total. The van der Waals surface area contributed by atoms with E-state index in [9.17, 15) is 9.90 Å². The van der Waals surface area contributed by atoms with E-state index in [1.165, 1.54) is 70.6 Å². The zero-order valence-electron chi connectivity index (χ0n) is 30.9. The number of hydrogen-bond donors (Lipinski definition) is 2. The Morgan fingerprint density at radius 2 is 1.42 bits per heavy atom. The standard InChI is InChI=1S/C43H63N3O4/c1-3-4-5-6-7-8-9-10-11-12-13-14-15-19-42(48)45-32-35-20-26-38(27-21-35)43-49-40(33-46(2)30-28-39-18-16-17-29-44-39)31-41(50-43)37-24-22-36(34-47)23-25-37/h16-18,20-27,29,40-41,43,47H,3-15,19,28,30-34H2,1-2H3,(H,45,48)/t40-,41+,43?/m0/s1. The van der Waals surface area contributed by atoms with Crippen molar-refractivity contribution in [3.8, 4) is 0 Å². The number of aliphatic hydroxyl groups excluding tert-OH is 1. The fraction of sp³-hybridized carbons (Fsp3) is 0.581. The lowest BCUT2D eigenvalue weighted by Gasteiger charge is -2.38. The zero-order valence-corrected chi connectivity index (χ0v) is 30.9. The number of unbranched alkanes of at least 4 members (excludes halogenated alkanes) is 12. The molecule has 50 heavy (non-hydrogen) atoms. The average Bonchev–Trinajstić information content (AvgIpc) is 3.15. The minimum absolute atomic E-state index is 0.0194. The number of carbonyl (C=O) groups is 1. The third-order valence-corrected chi connectivity index (χ3v) is 9.86. The Kier molecular flexibility index (Phi) is 18.6. The summed E-state index contributed by atoms with van der Waals surface area (Å²) in [6.45, 7) is 4.48. The highest BCUT2D eigenvalue weighted by Crippen LogP contribution is 2.38. The summed E-state index contributed by atoms with van der Waals surface area (Å²) in [5.41, 5.74) is 5.08. The maximum absolute atomic E-state index is 12.5. The largest absolute Gasteiger partial charge is 0.392 e. The van der Waals surface area contributed by atoms with Crippen LogP contribution >= 0.6 is 0 Å². The highest BCUT2D eigenvalue weighted by atomic mass is 16.7. The molecule has 0 bridgehead atoms. The van der Waals surface area contributed by atoms with Gasteiger partial charge in [0.25, 0.3) is 0 Å². The first-order valence-corrected chi connectivity index (χ1v) is 19.5. The van der Waals surface area contributed by atoms with E-state index in [2.05, 4.69) is 59.5 Å². The molecule has 274 valence electrons. The summed E-state index contributed by atoms with van der Waals surface area (Å²) < 4.78 is 13.1. The highest BCUT2D eigenvalue weighted by Gasteiger charge is 2.32. The third kappa shape index (κ3) is 15.0. The SMILES string of the molecule is CCCCCCCCCCCCCCCC(=O)NCc1ccc(C2O[C@H](CN(C)CCc3ccccn3)C[C@H](c3ccc(CO)cc3)O2)cc1. The van der Waals surface area contributed by atoms with Crippen molar-refractivity contribution in [2.24, 2.45) is 0 Å². The van der Waals surface area contributed by atoms with Crippen LogP contribution in [0.2, 0.25) is 0 Å². The molecule has 1 aliphatic heterocycles. The van der Waals surface area contributed by atoms with Gasteiger partial charge in [-0.3, -0.25) is 9.78 Å². The molecule has 2 heterocycles. The predicted octanol–water partition coefficient (Wildman–Crippen LogP) is 9.39. The smallest absolute Gasteiger partial charge is 0.220 e. The Bertz CT molecular complexity index is 1320. The summed E-state index contributed by atoms with van der Waals surface area (Å²) in [5.74, 6) is 0.126. The Morgan fingerprint density at radius 3 is 2.04 bits per heavy atom. The summed E-state index contributed by atoms with van der Waals surface area (Å²) in [5, 5.41) is 12.6. The van der Waals surface area contributed by atoms with E-state index < -0.39 is 6.29 Å². The zero-order chi connectivity index (χ0) is 35.2. The molecular formula is C43H63N3O4. The van der Waals surface area contributed by atoms with Crippen LogP contribution in [0.4, 0.5) is 0 Å². The monoisotopic (exact) mass is 685 g/mol. The van der Waals surface area contributed by atoms with Gasteiger partial charge in [-0.05, 0) is 42.3 Å². The Balaban J connectivity index is 1.18. The van der Waals surface area contributed by atoms with Crippen LogP contribution in [0.15, 0.2) is 72.9 Å². The fourth-order valence-corrected chi connectivity index (χ4v) is 6.71. The average molecular weight is 686 g/mol. The summed E-state index contributed by atoms with van der Waals surface area (Å²) in [6, 6.07) is 22.3. The molecule has 7 heteroatoms. The number of ether oxygens (including phenoxy) is 2. The van der Waals surface area contributed by atoms with Crippen LogP contribution in [0.25, 0.3) is 0 Å². The summed E-state index contributed by atoms with van der Waals surface area (Å²) >= 11 is 0. The van der Waals surface area contributed by atoms with Crippen LogP contribution < -0.4 is 5.32 Å². The van der Waals surface area contributed by atoms with Crippen molar-refractivity contribution in [2.45, 2.75) is 141 Å². The minimum Gasteiger partial charge on any atom is -0.392 e. The number of nitrogens with zero attached hydrogens (tertiary/aromatic N) is 2. The van der Waals surface area contributed by atoms with Gasteiger partial charge in [-0.25, -0.2) is 0 Å². The van der Waals surface area contributed by atoms with Gasteiger partial charge >= 0.3 is 0 Å². The van der Waals surface area contributed by atoms with E-state index in [1.54, 1.807) is 0 Å². The summed E-state index contributed by atoms with van der Waals surface area (Å²) in [4.78, 5) is 19.3. The van der Waals surface area contributed by atoms with Gasteiger partial charge in [-0.1, -0.05) is 139 Å². The second-order valence-electron chi connectivity index (χ2n) is 14.2. The molecule has 4 rings (SSSR count). The number of amides is 1. The number of rotatable bonds is 24. The molecule has 1 aromatic heterocycles. The quantitative estimate of drug-likeness (QED) is 0.0915. The van der Waals surface area contributed by atoms with Crippen LogP contribution in [-0.2, 0) is 33.8 Å². The van der Waals surface area contributed by atoms with Crippen molar-refractivity contribution in [2.75, 3.05) is 20.1 Å². The molecule has 0 spiro atoms. The number of benzene rings is 2. The van der Waals surface area contributed by atoms with Crippen LogP contribution in [0.5, 0.6) is 0 Å². The number of aliphatic hydroxyl groups is 1. The lowest BCUT2D eigenvalue weighted by molar-refractivity contribution is -0.252. The van der Waals surface area contributed by atoms with Gasteiger partial charge in [0, 0.05) is 56.4 Å². The first-order chi connectivity index (χ1) is 24.5. The molecule has 0 radical (unpaired) electrons. The van der Waals surface area contributed by atoms with E-state index in [-0.39, 0.29) is 24.7 Å². The number of aromatic nitrogens is 1. The first-order valence-electron chi connectivity index (χ1n) is 19.5. The van der Waals surface area contributed by atoms with Crippen molar-refractivity contribution >= 4 is 5.91 Å². The molecule has 1 amide bonds. The van der Waals surface area contributed by atoms with E-state index in [1.807, 2.05) is 42.6 Å². The Hall–Kier alpha value is -3.10. The molecular weight excluding hydrogens is 622 g/mol. The van der Waals surface area contributed by atoms with Crippen molar-refractivity contribution in [1.82, 2.24) is 15.2 Å². The molecule has 1 unspecified atom stereocenters. The van der Waals surface area contributed by atoms with E-state index in [0.29, 0.717) is 13.0 Å². The van der Waals surface area contributed by atoms with Crippen LogP contribution in [-0.4, -0.2) is 47.1 Å². The second-order valence-corrected chi connectivity index (χ2v) is 14.2.